The number of hydrogen-bond acceptors (Lipinski definition) is 5. The summed E-state index contributed by atoms with van der Waals surface area (Å²) in [6, 6.07) is 10.5. The van der Waals surface area contributed by atoms with Crippen LogP contribution in [0.5, 0.6) is 5.75 Å². The van der Waals surface area contributed by atoms with Gasteiger partial charge in [-0.3, -0.25) is 0 Å². The summed E-state index contributed by atoms with van der Waals surface area (Å²) in [5.41, 5.74) is 0.356. The second-order valence-electron chi connectivity index (χ2n) is 6.78. The molecule has 1 fully saturated rings. The van der Waals surface area contributed by atoms with Crippen molar-refractivity contribution in [2.45, 2.75) is 32.3 Å². The fourth-order valence-electron chi connectivity index (χ4n) is 3.27. The third-order valence-electron chi connectivity index (χ3n) is 4.90. The van der Waals surface area contributed by atoms with Gasteiger partial charge in [-0.15, -0.1) is 0 Å². The molecule has 1 aliphatic rings. The minimum atomic E-state index is -1.34. The van der Waals surface area contributed by atoms with Crippen molar-refractivity contribution >= 4 is 17.8 Å². The zero-order valence-electron chi connectivity index (χ0n) is 15.3. The maximum Gasteiger partial charge on any atom is 0.348 e. The Morgan fingerprint density at radius 3 is 2.33 bits per heavy atom. The molecular formula is C20H22N2O5. The lowest BCUT2D eigenvalue weighted by Gasteiger charge is -2.40. The number of para-hydroxylation sites is 1. The Balaban J connectivity index is 1.84. The summed E-state index contributed by atoms with van der Waals surface area (Å²) in [5, 5.41) is 19.2. The van der Waals surface area contributed by atoms with Gasteiger partial charge in [-0.25, -0.2) is 14.6 Å². The number of hydrogen-bond donors (Lipinski definition) is 2. The van der Waals surface area contributed by atoms with Crippen molar-refractivity contribution in [2.75, 3.05) is 18.0 Å². The van der Waals surface area contributed by atoms with Crippen molar-refractivity contribution in [2.24, 2.45) is 0 Å². The molecule has 1 aromatic heterocycles. The summed E-state index contributed by atoms with van der Waals surface area (Å²) >= 11 is 0. The molecule has 0 aliphatic carbocycles. The van der Waals surface area contributed by atoms with E-state index in [1.54, 1.807) is 19.1 Å². The van der Waals surface area contributed by atoms with E-state index in [-0.39, 0.29) is 18.4 Å². The molecule has 1 aromatic carbocycles. The van der Waals surface area contributed by atoms with E-state index >= 15 is 0 Å². The smallest absolute Gasteiger partial charge is 0.348 e. The lowest BCUT2D eigenvalue weighted by Crippen LogP contribution is -2.53. The van der Waals surface area contributed by atoms with Gasteiger partial charge in [0.15, 0.2) is 0 Å². The number of piperidine rings is 1. The molecule has 2 heterocycles. The molecule has 0 radical (unpaired) electrons. The normalized spacial score (nSPS) is 16.0. The molecule has 7 nitrogen and oxygen atoms in total. The first-order valence-electron chi connectivity index (χ1n) is 8.76. The Bertz CT molecular complexity index is 872. The number of carboxylic acid groups (broad SMARTS) is 2. The Hall–Kier alpha value is -3.09. The number of pyridine rings is 1. The van der Waals surface area contributed by atoms with E-state index < -0.39 is 17.5 Å². The van der Waals surface area contributed by atoms with Gasteiger partial charge < -0.3 is 19.8 Å². The van der Waals surface area contributed by atoms with Gasteiger partial charge in [0, 0.05) is 31.6 Å². The quantitative estimate of drug-likeness (QED) is 0.835. The van der Waals surface area contributed by atoms with E-state index in [2.05, 4.69) is 4.98 Å². The standard InChI is InChI=1S/C20H22N2O5/c1-13-5-3-4-6-16(13)27-20(19(25)26)9-11-22(12-10-20)17-15(18(23)24)8-7-14(2)21-17/h3-8H,9-12H2,1-2H3,(H,23,24)(H,25,26). The molecule has 3 rings (SSSR count). The zero-order valence-corrected chi connectivity index (χ0v) is 15.3. The van der Waals surface area contributed by atoms with Crippen LogP contribution >= 0.6 is 0 Å². The third-order valence-corrected chi connectivity index (χ3v) is 4.90. The van der Waals surface area contributed by atoms with Crippen LogP contribution in [0, 0.1) is 13.8 Å². The first kappa shape index (κ1) is 18.7. The second kappa shape index (κ2) is 7.26. The summed E-state index contributed by atoms with van der Waals surface area (Å²) < 4.78 is 5.96. The number of nitrogens with zero attached hydrogens (tertiary/aromatic N) is 2. The van der Waals surface area contributed by atoms with Crippen LogP contribution < -0.4 is 9.64 Å². The number of aliphatic carboxylic acids is 1. The van der Waals surface area contributed by atoms with Gasteiger partial charge in [0.2, 0.25) is 5.60 Å². The molecule has 142 valence electrons. The molecule has 0 amide bonds. The number of aromatic nitrogens is 1. The largest absolute Gasteiger partial charge is 0.478 e. The number of rotatable bonds is 5. The number of carboxylic acids is 2. The Kier molecular flexibility index (Phi) is 5.03. The molecule has 0 saturated carbocycles. The van der Waals surface area contributed by atoms with Gasteiger partial charge >= 0.3 is 11.9 Å². The predicted octanol–water partition coefficient (Wildman–Crippen LogP) is 2.90. The molecule has 0 spiro atoms. The van der Waals surface area contributed by atoms with Crippen molar-refractivity contribution in [3.63, 3.8) is 0 Å². The molecule has 1 aliphatic heterocycles. The Labute approximate surface area is 157 Å². The third kappa shape index (κ3) is 3.72. The highest BCUT2D eigenvalue weighted by molar-refractivity contribution is 5.93. The number of benzene rings is 1. The van der Waals surface area contributed by atoms with Crippen molar-refractivity contribution in [1.29, 1.82) is 0 Å². The lowest BCUT2D eigenvalue weighted by molar-refractivity contribution is -0.157. The molecule has 2 aromatic rings. The lowest BCUT2D eigenvalue weighted by atomic mass is 9.90. The topological polar surface area (TPSA) is 100.0 Å². The highest BCUT2D eigenvalue weighted by Crippen LogP contribution is 2.33. The molecular weight excluding hydrogens is 348 g/mol. The van der Waals surface area contributed by atoms with Crippen LogP contribution in [-0.2, 0) is 4.79 Å². The molecule has 0 bridgehead atoms. The van der Waals surface area contributed by atoms with E-state index in [1.807, 2.05) is 30.0 Å². The van der Waals surface area contributed by atoms with Gasteiger partial charge in [-0.1, -0.05) is 18.2 Å². The van der Waals surface area contributed by atoms with Crippen LogP contribution in [-0.4, -0.2) is 45.8 Å². The molecule has 1 saturated heterocycles. The monoisotopic (exact) mass is 370 g/mol. The molecule has 2 N–H and O–H groups in total. The van der Waals surface area contributed by atoms with Crippen LogP contribution in [0.25, 0.3) is 0 Å². The summed E-state index contributed by atoms with van der Waals surface area (Å²) in [6.07, 6.45) is 0.455. The molecule has 0 atom stereocenters. The van der Waals surface area contributed by atoms with Crippen LogP contribution in [0.15, 0.2) is 36.4 Å². The van der Waals surface area contributed by atoms with Gasteiger partial charge in [0.05, 0.1) is 0 Å². The maximum absolute atomic E-state index is 12.0. The maximum atomic E-state index is 12.0. The number of ether oxygens (including phenoxy) is 1. The summed E-state index contributed by atoms with van der Waals surface area (Å²) in [5.74, 6) is -1.14. The average molecular weight is 370 g/mol. The first-order valence-corrected chi connectivity index (χ1v) is 8.76. The van der Waals surface area contributed by atoms with Gasteiger partial charge in [0.25, 0.3) is 0 Å². The molecule has 27 heavy (non-hydrogen) atoms. The number of aryl methyl sites for hydroxylation is 2. The Morgan fingerprint density at radius 2 is 1.74 bits per heavy atom. The van der Waals surface area contributed by atoms with Crippen LogP contribution in [0.2, 0.25) is 0 Å². The summed E-state index contributed by atoms with van der Waals surface area (Å²) in [7, 11) is 0. The highest BCUT2D eigenvalue weighted by atomic mass is 16.5. The van der Waals surface area contributed by atoms with Crippen molar-refractivity contribution in [3.8, 4) is 5.75 Å². The SMILES string of the molecule is Cc1ccc(C(=O)O)c(N2CCC(Oc3ccccc3C)(C(=O)O)CC2)n1. The van der Waals surface area contributed by atoms with Crippen LogP contribution in [0.3, 0.4) is 0 Å². The molecule has 0 unspecified atom stereocenters. The minimum absolute atomic E-state index is 0.114. The molecule has 7 heteroatoms. The first-order chi connectivity index (χ1) is 12.8. The number of anilines is 1. The number of aromatic carboxylic acids is 1. The van der Waals surface area contributed by atoms with Crippen molar-refractivity contribution in [1.82, 2.24) is 4.98 Å². The van der Waals surface area contributed by atoms with E-state index in [4.69, 9.17) is 4.74 Å². The van der Waals surface area contributed by atoms with Crippen molar-refractivity contribution < 1.29 is 24.5 Å². The second-order valence-corrected chi connectivity index (χ2v) is 6.78. The highest BCUT2D eigenvalue weighted by Gasteiger charge is 2.45. The van der Waals surface area contributed by atoms with Gasteiger partial charge in [-0.2, -0.15) is 0 Å². The fraction of sp³-hybridized carbons (Fsp3) is 0.350. The predicted molar refractivity (Wildman–Crippen MR) is 99.6 cm³/mol. The van der Waals surface area contributed by atoms with Crippen molar-refractivity contribution in [3.05, 3.63) is 53.2 Å². The number of carbonyl (C=O) groups is 2. The van der Waals surface area contributed by atoms with E-state index in [1.165, 1.54) is 6.07 Å². The summed E-state index contributed by atoms with van der Waals surface area (Å²) in [4.78, 5) is 29.7. The van der Waals surface area contributed by atoms with Crippen LogP contribution in [0.1, 0.15) is 34.5 Å². The summed E-state index contributed by atoms with van der Waals surface area (Å²) in [6.45, 7) is 4.35. The average Bonchev–Trinajstić information content (AvgIpc) is 2.64. The van der Waals surface area contributed by atoms with Gasteiger partial charge in [-0.05, 0) is 37.6 Å². The van der Waals surface area contributed by atoms with E-state index in [0.29, 0.717) is 30.4 Å². The van der Waals surface area contributed by atoms with E-state index in [9.17, 15) is 19.8 Å². The minimum Gasteiger partial charge on any atom is -0.478 e. The van der Waals surface area contributed by atoms with Crippen LogP contribution in [0.4, 0.5) is 5.82 Å². The van der Waals surface area contributed by atoms with E-state index in [0.717, 1.165) is 5.56 Å². The zero-order chi connectivity index (χ0) is 19.6. The van der Waals surface area contributed by atoms with Gasteiger partial charge in [0.1, 0.15) is 17.1 Å². The fourth-order valence-corrected chi connectivity index (χ4v) is 3.27. The Morgan fingerprint density at radius 1 is 1.07 bits per heavy atom.